The molecule has 24 heavy (non-hydrogen) atoms. The molecule has 0 amide bonds. The first-order chi connectivity index (χ1) is 11.4. The first-order valence-electron chi connectivity index (χ1n) is 7.23. The molecule has 124 valence electrons. The van der Waals surface area contributed by atoms with Crippen molar-refractivity contribution in [2.24, 2.45) is 0 Å². The van der Waals surface area contributed by atoms with Gasteiger partial charge in [0.1, 0.15) is 22.5 Å². The highest BCUT2D eigenvalue weighted by atomic mass is 32.2. The van der Waals surface area contributed by atoms with Gasteiger partial charge in [-0.05, 0) is 36.2 Å². The minimum atomic E-state index is -3.93. The lowest BCUT2D eigenvalue weighted by Crippen LogP contribution is -2.32. The number of pyridine rings is 1. The average molecular weight is 347 g/mol. The quantitative estimate of drug-likeness (QED) is 0.910. The van der Waals surface area contributed by atoms with Gasteiger partial charge in [0.05, 0.1) is 12.1 Å². The highest BCUT2D eigenvalue weighted by molar-refractivity contribution is 7.89. The standard InChI is InChI=1S/C16H14FN3O3S/c17-12-3-1-2-11(6-12)16-7-14(21)10-20(16)24(22,23)15-5-4-13(8-18)19-9-15/h1-6,9,14,16,21H,7,10H2/t14-,16-/m1/s1. The summed E-state index contributed by atoms with van der Waals surface area (Å²) in [5.41, 5.74) is 0.591. The van der Waals surface area contributed by atoms with E-state index in [9.17, 15) is 17.9 Å². The lowest BCUT2D eigenvalue weighted by Gasteiger charge is -2.24. The molecular formula is C16H14FN3O3S. The van der Waals surface area contributed by atoms with Crippen LogP contribution in [0.15, 0.2) is 47.5 Å². The van der Waals surface area contributed by atoms with E-state index in [1.807, 2.05) is 6.07 Å². The maximum atomic E-state index is 13.5. The number of hydrogen-bond acceptors (Lipinski definition) is 5. The van der Waals surface area contributed by atoms with Gasteiger partial charge >= 0.3 is 0 Å². The third-order valence-electron chi connectivity index (χ3n) is 3.92. The molecular weight excluding hydrogens is 333 g/mol. The molecule has 1 saturated heterocycles. The highest BCUT2D eigenvalue weighted by Gasteiger charge is 2.40. The van der Waals surface area contributed by atoms with Gasteiger partial charge in [-0.2, -0.15) is 9.57 Å². The second-order valence-electron chi connectivity index (χ2n) is 5.53. The van der Waals surface area contributed by atoms with Crippen LogP contribution in [0.2, 0.25) is 0 Å². The van der Waals surface area contributed by atoms with Crippen molar-refractivity contribution in [2.75, 3.05) is 6.54 Å². The van der Waals surface area contributed by atoms with Gasteiger partial charge in [-0.1, -0.05) is 12.1 Å². The van der Waals surface area contributed by atoms with Crippen LogP contribution in [0.4, 0.5) is 4.39 Å². The van der Waals surface area contributed by atoms with Crippen LogP contribution in [-0.2, 0) is 10.0 Å². The van der Waals surface area contributed by atoms with Gasteiger partial charge in [0.25, 0.3) is 0 Å². The molecule has 3 rings (SSSR count). The molecule has 2 aromatic rings. The number of benzene rings is 1. The SMILES string of the molecule is N#Cc1ccc(S(=O)(=O)N2C[C@H](O)C[C@@H]2c2cccc(F)c2)cn1. The third kappa shape index (κ3) is 3.01. The number of rotatable bonds is 3. The second kappa shape index (κ2) is 6.28. The molecule has 1 N–H and O–H groups in total. The summed E-state index contributed by atoms with van der Waals surface area (Å²) in [6, 6.07) is 9.46. The highest BCUT2D eigenvalue weighted by Crippen LogP contribution is 2.36. The first-order valence-corrected chi connectivity index (χ1v) is 8.67. The van der Waals surface area contributed by atoms with Crippen LogP contribution in [0.1, 0.15) is 23.7 Å². The Hall–Kier alpha value is -2.34. The van der Waals surface area contributed by atoms with E-state index in [4.69, 9.17) is 5.26 Å². The van der Waals surface area contributed by atoms with Gasteiger partial charge in [-0.3, -0.25) is 0 Å². The van der Waals surface area contributed by atoms with E-state index in [2.05, 4.69) is 4.98 Å². The van der Waals surface area contributed by atoms with Gasteiger partial charge in [0, 0.05) is 12.7 Å². The summed E-state index contributed by atoms with van der Waals surface area (Å²) in [5.74, 6) is -0.466. The van der Waals surface area contributed by atoms with Gasteiger partial charge in [0.2, 0.25) is 10.0 Å². The number of hydrogen-bond donors (Lipinski definition) is 1. The van der Waals surface area contributed by atoms with E-state index in [-0.39, 0.29) is 23.6 Å². The number of sulfonamides is 1. The molecule has 1 fully saturated rings. The predicted molar refractivity (Wildman–Crippen MR) is 82.6 cm³/mol. The zero-order valence-corrected chi connectivity index (χ0v) is 13.3. The summed E-state index contributed by atoms with van der Waals surface area (Å²) < 4.78 is 40.3. The maximum Gasteiger partial charge on any atom is 0.245 e. The minimum absolute atomic E-state index is 0.0722. The van der Waals surface area contributed by atoms with Crippen molar-refractivity contribution in [1.82, 2.24) is 9.29 Å². The van der Waals surface area contributed by atoms with E-state index < -0.39 is 28.0 Å². The number of aliphatic hydroxyl groups excluding tert-OH is 1. The number of aliphatic hydroxyl groups is 1. The number of nitriles is 1. The Balaban J connectivity index is 1.99. The first kappa shape index (κ1) is 16.5. The summed E-state index contributed by atoms with van der Waals surface area (Å²) >= 11 is 0. The molecule has 1 aliphatic rings. The van der Waals surface area contributed by atoms with Crippen LogP contribution >= 0.6 is 0 Å². The summed E-state index contributed by atoms with van der Waals surface area (Å²) in [6.45, 7) is -0.0798. The van der Waals surface area contributed by atoms with E-state index in [1.165, 1.54) is 30.3 Å². The molecule has 8 heteroatoms. The molecule has 1 aliphatic heterocycles. The number of halogens is 1. The summed E-state index contributed by atoms with van der Waals surface area (Å²) in [6.07, 6.45) is 0.465. The van der Waals surface area contributed by atoms with Gasteiger partial charge in [-0.15, -0.1) is 0 Å². The van der Waals surface area contributed by atoms with Crippen molar-refractivity contribution in [3.05, 3.63) is 59.7 Å². The number of β-amino-alcohol motifs (C(OH)–C–C–N with tert-alkyl or cyclic N) is 1. The summed E-state index contributed by atoms with van der Waals surface area (Å²) in [7, 11) is -3.93. The van der Waals surface area contributed by atoms with Crippen molar-refractivity contribution < 1.29 is 17.9 Å². The maximum absolute atomic E-state index is 13.5. The number of aromatic nitrogens is 1. The fraction of sp³-hybridized carbons (Fsp3) is 0.250. The fourth-order valence-electron chi connectivity index (χ4n) is 2.80. The van der Waals surface area contributed by atoms with Crippen molar-refractivity contribution in [3.8, 4) is 6.07 Å². The molecule has 1 aromatic carbocycles. The molecule has 6 nitrogen and oxygen atoms in total. The van der Waals surface area contributed by atoms with Crippen molar-refractivity contribution in [2.45, 2.75) is 23.5 Å². The summed E-state index contributed by atoms with van der Waals surface area (Å²) in [4.78, 5) is 3.70. The van der Waals surface area contributed by atoms with Crippen LogP contribution in [0.25, 0.3) is 0 Å². The Labute approximate surface area is 138 Å². The largest absolute Gasteiger partial charge is 0.392 e. The van der Waals surface area contributed by atoms with Gasteiger partial charge < -0.3 is 5.11 Å². The van der Waals surface area contributed by atoms with Crippen molar-refractivity contribution in [3.63, 3.8) is 0 Å². The minimum Gasteiger partial charge on any atom is -0.392 e. The van der Waals surface area contributed by atoms with Crippen molar-refractivity contribution >= 4 is 10.0 Å². The van der Waals surface area contributed by atoms with Crippen LogP contribution in [0, 0.1) is 17.1 Å². The van der Waals surface area contributed by atoms with E-state index >= 15 is 0 Å². The van der Waals surface area contributed by atoms with Gasteiger partial charge in [0.15, 0.2) is 0 Å². The number of nitrogens with zero attached hydrogens (tertiary/aromatic N) is 3. The smallest absolute Gasteiger partial charge is 0.245 e. The van der Waals surface area contributed by atoms with Crippen LogP contribution in [0.3, 0.4) is 0 Å². The molecule has 0 unspecified atom stereocenters. The molecule has 0 bridgehead atoms. The lowest BCUT2D eigenvalue weighted by atomic mass is 10.0. The Bertz CT molecular complexity index is 894. The molecule has 0 saturated carbocycles. The fourth-order valence-corrected chi connectivity index (χ4v) is 4.41. The Morgan fingerprint density at radius 1 is 1.33 bits per heavy atom. The molecule has 2 atom stereocenters. The van der Waals surface area contributed by atoms with E-state index in [0.717, 1.165) is 10.5 Å². The third-order valence-corrected chi connectivity index (χ3v) is 5.78. The Morgan fingerprint density at radius 3 is 2.75 bits per heavy atom. The molecule has 0 aliphatic carbocycles. The average Bonchev–Trinajstić information content (AvgIpc) is 2.98. The lowest BCUT2D eigenvalue weighted by molar-refractivity contribution is 0.188. The Morgan fingerprint density at radius 2 is 2.12 bits per heavy atom. The zero-order chi connectivity index (χ0) is 17.3. The molecule has 0 radical (unpaired) electrons. The second-order valence-corrected chi connectivity index (χ2v) is 7.42. The Kier molecular flexibility index (Phi) is 4.32. The van der Waals surface area contributed by atoms with Crippen molar-refractivity contribution in [1.29, 1.82) is 5.26 Å². The molecule has 1 aromatic heterocycles. The van der Waals surface area contributed by atoms with Crippen LogP contribution in [0.5, 0.6) is 0 Å². The van der Waals surface area contributed by atoms with Crippen LogP contribution in [-0.4, -0.2) is 35.5 Å². The normalized spacial score (nSPS) is 21.5. The zero-order valence-electron chi connectivity index (χ0n) is 12.5. The monoisotopic (exact) mass is 347 g/mol. The van der Waals surface area contributed by atoms with Crippen LogP contribution < -0.4 is 0 Å². The van der Waals surface area contributed by atoms with E-state index in [0.29, 0.717) is 5.56 Å². The van der Waals surface area contributed by atoms with Gasteiger partial charge in [-0.25, -0.2) is 17.8 Å². The molecule has 2 heterocycles. The van der Waals surface area contributed by atoms with E-state index in [1.54, 1.807) is 6.07 Å². The topological polar surface area (TPSA) is 94.3 Å². The summed E-state index contributed by atoms with van der Waals surface area (Å²) in [5, 5.41) is 18.7. The molecule has 0 spiro atoms. The predicted octanol–water partition coefficient (Wildman–Crippen LogP) is 1.59.